The minimum absolute atomic E-state index is 0.128. The third kappa shape index (κ3) is 4.69. The summed E-state index contributed by atoms with van der Waals surface area (Å²) in [5.41, 5.74) is 1.35. The maximum atomic E-state index is 11.8. The number of aliphatic hydroxyl groups excluding tert-OH is 1. The zero-order valence-electron chi connectivity index (χ0n) is 12.2. The molecule has 0 aliphatic rings. The number of aromatic nitrogens is 1. The lowest BCUT2D eigenvalue weighted by molar-refractivity contribution is 0.0708. The van der Waals surface area contributed by atoms with Gasteiger partial charge in [-0.25, -0.2) is 0 Å². The second-order valence-corrected chi connectivity index (χ2v) is 4.72. The third-order valence-corrected chi connectivity index (χ3v) is 3.08. The van der Waals surface area contributed by atoms with Crippen LogP contribution in [0, 0.1) is 13.8 Å². The summed E-state index contributed by atoms with van der Waals surface area (Å²) in [5, 5.41) is 9.90. The number of aromatic amines is 1. The lowest BCUT2D eigenvalue weighted by Gasteiger charge is -2.22. The number of aryl methyl sites for hydroxylation is 2. The second kappa shape index (κ2) is 7.31. The van der Waals surface area contributed by atoms with Crippen LogP contribution in [0.4, 0.5) is 0 Å². The Bertz CT molecular complexity index is 452. The van der Waals surface area contributed by atoms with E-state index >= 15 is 0 Å². The third-order valence-electron chi connectivity index (χ3n) is 3.08. The number of nitrogens with one attached hydrogen (secondary N) is 1. The molecule has 5 heteroatoms. The van der Waals surface area contributed by atoms with E-state index in [4.69, 9.17) is 4.74 Å². The average molecular weight is 268 g/mol. The van der Waals surface area contributed by atoms with Crippen LogP contribution in [0.25, 0.3) is 0 Å². The maximum Gasteiger partial charge on any atom is 0.223 e. The molecule has 0 bridgehead atoms. The number of nitrogens with zero attached hydrogens (tertiary/aromatic N) is 1. The van der Waals surface area contributed by atoms with E-state index in [2.05, 4.69) is 9.88 Å². The maximum absolute atomic E-state index is 11.8. The molecule has 5 nitrogen and oxygen atoms in total. The number of pyridine rings is 1. The molecule has 19 heavy (non-hydrogen) atoms. The van der Waals surface area contributed by atoms with Gasteiger partial charge in [0, 0.05) is 18.3 Å². The number of ether oxygens (including phenoxy) is 1. The highest BCUT2D eigenvalue weighted by Gasteiger charge is 2.12. The molecule has 0 amide bonds. The Morgan fingerprint density at radius 2 is 2.00 bits per heavy atom. The van der Waals surface area contributed by atoms with E-state index in [-0.39, 0.29) is 12.0 Å². The summed E-state index contributed by atoms with van der Waals surface area (Å²) in [6.07, 6.45) is -0.597. The molecule has 1 aromatic heterocycles. The van der Waals surface area contributed by atoms with Crippen LogP contribution in [0.2, 0.25) is 0 Å². The molecular formula is C14H24N2O3. The van der Waals surface area contributed by atoms with Gasteiger partial charge in [0.1, 0.15) is 12.7 Å². The van der Waals surface area contributed by atoms with Gasteiger partial charge in [-0.15, -0.1) is 0 Å². The zero-order chi connectivity index (χ0) is 14.4. The van der Waals surface area contributed by atoms with Gasteiger partial charge in [0.25, 0.3) is 0 Å². The smallest absolute Gasteiger partial charge is 0.223 e. The predicted octanol–water partition coefficient (Wildman–Crippen LogP) is 1.07. The molecule has 0 saturated carbocycles. The predicted molar refractivity (Wildman–Crippen MR) is 75.8 cm³/mol. The largest absolute Gasteiger partial charge is 0.485 e. The normalized spacial score (nSPS) is 12.7. The van der Waals surface area contributed by atoms with E-state index in [0.29, 0.717) is 18.0 Å². The van der Waals surface area contributed by atoms with Gasteiger partial charge >= 0.3 is 0 Å². The number of H-pyrrole nitrogens is 1. The van der Waals surface area contributed by atoms with Crippen molar-refractivity contribution in [3.05, 3.63) is 27.7 Å². The summed E-state index contributed by atoms with van der Waals surface area (Å²) >= 11 is 0. The molecule has 1 heterocycles. The summed E-state index contributed by atoms with van der Waals surface area (Å²) in [6.45, 7) is 10.2. The standard InChI is InChI=1S/C14H24N2O3/c1-5-16(6-2)8-12(17)9-19-14-11(4)15-10(3)7-13(14)18/h7,12,17H,5-6,8-9H2,1-4H3,(H,15,18). The molecule has 0 spiro atoms. The van der Waals surface area contributed by atoms with Gasteiger partial charge in [-0.3, -0.25) is 4.79 Å². The minimum Gasteiger partial charge on any atom is -0.485 e. The minimum atomic E-state index is -0.597. The van der Waals surface area contributed by atoms with Gasteiger partial charge in [0.15, 0.2) is 5.75 Å². The first kappa shape index (κ1) is 15.7. The fourth-order valence-electron chi connectivity index (χ4n) is 2.03. The quantitative estimate of drug-likeness (QED) is 0.776. The Balaban J connectivity index is 2.60. The first-order valence-corrected chi connectivity index (χ1v) is 6.71. The van der Waals surface area contributed by atoms with Gasteiger partial charge < -0.3 is 19.7 Å². The fourth-order valence-corrected chi connectivity index (χ4v) is 2.03. The van der Waals surface area contributed by atoms with Crippen LogP contribution in [-0.4, -0.2) is 47.3 Å². The molecule has 0 radical (unpaired) electrons. The molecule has 0 fully saturated rings. The molecule has 1 unspecified atom stereocenters. The van der Waals surface area contributed by atoms with Crippen LogP contribution >= 0.6 is 0 Å². The molecular weight excluding hydrogens is 244 g/mol. The van der Waals surface area contributed by atoms with Crippen molar-refractivity contribution in [3.63, 3.8) is 0 Å². The van der Waals surface area contributed by atoms with Crippen LogP contribution in [0.1, 0.15) is 25.2 Å². The highest BCUT2D eigenvalue weighted by Crippen LogP contribution is 2.10. The Morgan fingerprint density at radius 3 is 2.53 bits per heavy atom. The number of likely N-dealkylation sites (N-methyl/N-ethyl adjacent to an activating group) is 1. The van der Waals surface area contributed by atoms with Crippen LogP contribution < -0.4 is 10.2 Å². The molecule has 0 aromatic carbocycles. The first-order valence-electron chi connectivity index (χ1n) is 6.71. The first-order chi connectivity index (χ1) is 8.97. The van der Waals surface area contributed by atoms with E-state index in [0.717, 1.165) is 18.8 Å². The number of hydrogen-bond acceptors (Lipinski definition) is 4. The monoisotopic (exact) mass is 268 g/mol. The lowest BCUT2D eigenvalue weighted by Crippen LogP contribution is -2.35. The van der Waals surface area contributed by atoms with E-state index < -0.39 is 6.10 Å². The number of aliphatic hydroxyl groups is 1. The van der Waals surface area contributed by atoms with Gasteiger partial charge in [-0.1, -0.05) is 13.8 Å². The van der Waals surface area contributed by atoms with E-state index in [1.54, 1.807) is 6.92 Å². The summed E-state index contributed by atoms with van der Waals surface area (Å²) in [6, 6.07) is 1.50. The van der Waals surface area contributed by atoms with Crippen LogP contribution in [0.3, 0.4) is 0 Å². The van der Waals surface area contributed by atoms with Crippen LogP contribution in [-0.2, 0) is 0 Å². The van der Waals surface area contributed by atoms with Crippen molar-refractivity contribution >= 4 is 0 Å². The van der Waals surface area contributed by atoms with Crippen molar-refractivity contribution in [2.75, 3.05) is 26.2 Å². The Labute approximate surface area is 114 Å². The summed E-state index contributed by atoms with van der Waals surface area (Å²) < 4.78 is 5.45. The second-order valence-electron chi connectivity index (χ2n) is 4.72. The van der Waals surface area contributed by atoms with E-state index in [1.165, 1.54) is 6.07 Å². The fraction of sp³-hybridized carbons (Fsp3) is 0.643. The van der Waals surface area contributed by atoms with E-state index in [9.17, 15) is 9.90 Å². The van der Waals surface area contributed by atoms with Crippen LogP contribution in [0.5, 0.6) is 5.75 Å². The summed E-state index contributed by atoms with van der Waals surface area (Å²) in [5.74, 6) is 0.296. The number of rotatable bonds is 7. The van der Waals surface area contributed by atoms with Crippen molar-refractivity contribution < 1.29 is 9.84 Å². The van der Waals surface area contributed by atoms with Gasteiger partial charge in [0.2, 0.25) is 5.43 Å². The summed E-state index contributed by atoms with van der Waals surface area (Å²) in [4.78, 5) is 16.9. The topological polar surface area (TPSA) is 65.6 Å². The zero-order valence-corrected chi connectivity index (χ0v) is 12.2. The molecule has 2 N–H and O–H groups in total. The molecule has 1 atom stereocenters. The molecule has 108 valence electrons. The average Bonchev–Trinajstić information content (AvgIpc) is 2.34. The SMILES string of the molecule is CCN(CC)CC(O)COc1c(C)[nH]c(C)cc1=O. The van der Waals surface area contributed by atoms with Crippen molar-refractivity contribution in [1.29, 1.82) is 0 Å². The molecule has 1 aromatic rings. The summed E-state index contributed by atoms with van der Waals surface area (Å²) in [7, 11) is 0. The van der Waals surface area contributed by atoms with Crippen molar-refractivity contribution in [3.8, 4) is 5.75 Å². The Kier molecular flexibility index (Phi) is 6.05. The van der Waals surface area contributed by atoms with Crippen molar-refractivity contribution in [1.82, 2.24) is 9.88 Å². The van der Waals surface area contributed by atoms with Gasteiger partial charge in [-0.2, -0.15) is 0 Å². The van der Waals surface area contributed by atoms with Crippen molar-refractivity contribution in [2.24, 2.45) is 0 Å². The van der Waals surface area contributed by atoms with Gasteiger partial charge in [-0.05, 0) is 26.9 Å². The highest BCUT2D eigenvalue weighted by atomic mass is 16.5. The molecule has 0 aliphatic heterocycles. The van der Waals surface area contributed by atoms with Crippen molar-refractivity contribution in [2.45, 2.75) is 33.8 Å². The molecule has 1 rings (SSSR count). The highest BCUT2D eigenvalue weighted by molar-refractivity contribution is 5.28. The molecule has 0 aliphatic carbocycles. The Hall–Kier alpha value is -1.33. The number of hydrogen-bond donors (Lipinski definition) is 2. The lowest BCUT2D eigenvalue weighted by atomic mass is 10.3. The molecule has 0 saturated heterocycles. The Morgan fingerprint density at radius 1 is 1.37 bits per heavy atom. The van der Waals surface area contributed by atoms with Gasteiger partial charge in [0.05, 0.1) is 5.69 Å². The van der Waals surface area contributed by atoms with Crippen LogP contribution in [0.15, 0.2) is 10.9 Å². The van der Waals surface area contributed by atoms with E-state index in [1.807, 2.05) is 20.8 Å².